The molecule has 1 saturated heterocycles. The number of likely N-dealkylation sites (N-methyl/N-ethyl adjacent to an activating group) is 1. The highest BCUT2D eigenvalue weighted by Gasteiger charge is 2.31. The maximum absolute atomic E-state index is 13.4. The van der Waals surface area contributed by atoms with Gasteiger partial charge >= 0.3 is 0 Å². The van der Waals surface area contributed by atoms with E-state index in [-0.39, 0.29) is 21.4 Å². The summed E-state index contributed by atoms with van der Waals surface area (Å²) in [5.74, 6) is -0.261. The molecule has 0 N–H and O–H groups in total. The number of sulfonamides is 1. The van der Waals surface area contributed by atoms with E-state index in [2.05, 4.69) is 17.9 Å². The molecule has 0 unspecified atom stereocenters. The number of hydrogen-bond acceptors (Lipinski definition) is 4. The van der Waals surface area contributed by atoms with Crippen molar-refractivity contribution in [3.8, 4) is 0 Å². The molecule has 0 radical (unpaired) electrons. The SMILES string of the molecule is CCN1CCN(S(=O)(=O)c2ccc(Cl)c(C(=O)N3CCCc4cc(C)ccc43)c2)CC1. The molecule has 0 aliphatic carbocycles. The maximum Gasteiger partial charge on any atom is 0.259 e. The lowest BCUT2D eigenvalue weighted by Crippen LogP contribution is -2.48. The quantitative estimate of drug-likeness (QED) is 0.698. The predicted octanol–water partition coefficient (Wildman–Crippen LogP) is 3.57. The van der Waals surface area contributed by atoms with Crippen LogP contribution in [0.3, 0.4) is 0 Å². The number of rotatable bonds is 4. The van der Waals surface area contributed by atoms with E-state index < -0.39 is 10.0 Å². The minimum atomic E-state index is -3.69. The highest BCUT2D eigenvalue weighted by Crippen LogP contribution is 2.32. The lowest BCUT2D eigenvalue weighted by molar-refractivity contribution is 0.0985. The normalized spacial score (nSPS) is 18.1. The first-order valence-electron chi connectivity index (χ1n) is 10.7. The van der Waals surface area contributed by atoms with E-state index in [4.69, 9.17) is 11.6 Å². The summed E-state index contributed by atoms with van der Waals surface area (Å²) >= 11 is 6.37. The van der Waals surface area contributed by atoms with Crippen molar-refractivity contribution in [3.05, 3.63) is 58.1 Å². The van der Waals surface area contributed by atoms with Crippen molar-refractivity contribution in [2.24, 2.45) is 0 Å². The average Bonchev–Trinajstić information content (AvgIpc) is 2.78. The number of piperazine rings is 1. The van der Waals surface area contributed by atoms with Gasteiger partial charge in [0.25, 0.3) is 5.91 Å². The summed E-state index contributed by atoms with van der Waals surface area (Å²) in [5, 5.41) is 0.263. The Morgan fingerprint density at radius 2 is 1.77 bits per heavy atom. The van der Waals surface area contributed by atoms with Crippen LogP contribution >= 0.6 is 11.6 Å². The number of nitrogens with zero attached hydrogens (tertiary/aromatic N) is 3. The number of hydrogen-bond donors (Lipinski definition) is 0. The fraction of sp³-hybridized carbons (Fsp3) is 0.435. The predicted molar refractivity (Wildman–Crippen MR) is 124 cm³/mol. The van der Waals surface area contributed by atoms with E-state index in [1.54, 1.807) is 4.90 Å². The van der Waals surface area contributed by atoms with Crippen LogP contribution in [0.15, 0.2) is 41.3 Å². The largest absolute Gasteiger partial charge is 0.308 e. The van der Waals surface area contributed by atoms with E-state index in [0.717, 1.165) is 36.2 Å². The molecule has 2 heterocycles. The van der Waals surface area contributed by atoms with Crippen LogP contribution in [0.25, 0.3) is 0 Å². The van der Waals surface area contributed by atoms with E-state index in [0.29, 0.717) is 32.7 Å². The van der Waals surface area contributed by atoms with Gasteiger partial charge in [0.15, 0.2) is 0 Å². The molecule has 0 spiro atoms. The maximum atomic E-state index is 13.4. The molecule has 0 aromatic heterocycles. The van der Waals surface area contributed by atoms with Gasteiger partial charge in [-0.2, -0.15) is 4.31 Å². The van der Waals surface area contributed by atoms with Crippen LogP contribution in [0.4, 0.5) is 5.69 Å². The Kier molecular flexibility index (Phi) is 6.40. The van der Waals surface area contributed by atoms with Crippen LogP contribution in [0.1, 0.15) is 34.8 Å². The minimum Gasteiger partial charge on any atom is -0.308 e. The van der Waals surface area contributed by atoms with Gasteiger partial charge in [-0.15, -0.1) is 0 Å². The third kappa shape index (κ3) is 4.37. The molecule has 6 nitrogen and oxygen atoms in total. The first kappa shape index (κ1) is 22.3. The zero-order valence-electron chi connectivity index (χ0n) is 18.0. The molecule has 1 amide bonds. The van der Waals surface area contributed by atoms with Crippen LogP contribution in [-0.4, -0.2) is 62.8 Å². The highest BCUT2D eigenvalue weighted by atomic mass is 35.5. The summed E-state index contributed by atoms with van der Waals surface area (Å²) in [6, 6.07) is 10.5. The molecule has 2 aliphatic heterocycles. The molecule has 2 aliphatic rings. The number of halogens is 1. The summed E-state index contributed by atoms with van der Waals surface area (Å²) in [5.41, 5.74) is 3.39. The van der Waals surface area contributed by atoms with Crippen LogP contribution in [0.5, 0.6) is 0 Å². The van der Waals surface area contributed by atoms with Crippen molar-refractivity contribution in [2.75, 3.05) is 44.2 Å². The molecule has 1 fully saturated rings. The summed E-state index contributed by atoms with van der Waals surface area (Å²) in [4.78, 5) is 17.5. The Hall–Kier alpha value is -1.93. The summed E-state index contributed by atoms with van der Waals surface area (Å²) in [7, 11) is -3.69. The van der Waals surface area contributed by atoms with Gasteiger partial charge in [-0.05, 0) is 56.1 Å². The second-order valence-corrected chi connectivity index (χ2v) is 10.5. The zero-order chi connectivity index (χ0) is 22.2. The molecule has 8 heteroatoms. The Morgan fingerprint density at radius 3 is 2.48 bits per heavy atom. The van der Waals surface area contributed by atoms with Crippen LogP contribution in [0, 0.1) is 6.92 Å². The lowest BCUT2D eigenvalue weighted by Gasteiger charge is -2.33. The fourth-order valence-corrected chi connectivity index (χ4v) is 5.99. The number of anilines is 1. The van der Waals surface area contributed by atoms with Crippen LogP contribution < -0.4 is 4.90 Å². The average molecular weight is 462 g/mol. The molecular formula is C23H28ClN3O3S. The van der Waals surface area contributed by atoms with Gasteiger partial charge in [0, 0.05) is 38.4 Å². The van der Waals surface area contributed by atoms with Gasteiger partial charge in [-0.1, -0.05) is 36.2 Å². The lowest BCUT2D eigenvalue weighted by atomic mass is 9.99. The number of aryl methyl sites for hydroxylation is 2. The second-order valence-electron chi connectivity index (χ2n) is 8.17. The van der Waals surface area contributed by atoms with Crippen molar-refractivity contribution in [2.45, 2.75) is 31.6 Å². The minimum absolute atomic E-state index is 0.117. The van der Waals surface area contributed by atoms with Crippen molar-refractivity contribution in [1.29, 1.82) is 0 Å². The number of carbonyl (C=O) groups is 1. The molecular weight excluding hydrogens is 434 g/mol. The smallest absolute Gasteiger partial charge is 0.259 e. The van der Waals surface area contributed by atoms with Crippen molar-refractivity contribution in [3.63, 3.8) is 0 Å². The van der Waals surface area contributed by atoms with Gasteiger partial charge in [-0.3, -0.25) is 4.79 Å². The van der Waals surface area contributed by atoms with E-state index in [9.17, 15) is 13.2 Å². The number of benzene rings is 2. The Labute approximate surface area is 189 Å². The second kappa shape index (κ2) is 8.90. The summed E-state index contributed by atoms with van der Waals surface area (Å²) in [6.07, 6.45) is 1.78. The molecule has 166 valence electrons. The van der Waals surface area contributed by atoms with Crippen molar-refractivity contribution < 1.29 is 13.2 Å². The van der Waals surface area contributed by atoms with E-state index in [1.165, 1.54) is 22.5 Å². The first-order valence-corrected chi connectivity index (χ1v) is 12.6. The Balaban J connectivity index is 1.64. The van der Waals surface area contributed by atoms with Gasteiger partial charge < -0.3 is 9.80 Å². The number of carbonyl (C=O) groups excluding carboxylic acids is 1. The first-order chi connectivity index (χ1) is 14.8. The van der Waals surface area contributed by atoms with Crippen LogP contribution in [0.2, 0.25) is 5.02 Å². The zero-order valence-corrected chi connectivity index (χ0v) is 19.5. The third-order valence-electron chi connectivity index (χ3n) is 6.18. The van der Waals surface area contributed by atoms with Gasteiger partial charge in [0.1, 0.15) is 0 Å². The highest BCUT2D eigenvalue weighted by molar-refractivity contribution is 7.89. The molecule has 0 atom stereocenters. The molecule has 0 saturated carbocycles. The molecule has 0 bridgehead atoms. The standard InChI is InChI=1S/C23H28ClN3O3S/c1-3-25-11-13-26(14-12-25)31(29,30)19-7-8-21(24)20(16-19)23(28)27-10-4-5-18-15-17(2)6-9-22(18)27/h6-9,15-16H,3-5,10-14H2,1-2H3. The molecule has 2 aromatic rings. The molecule has 31 heavy (non-hydrogen) atoms. The number of amides is 1. The fourth-order valence-electron chi connectivity index (χ4n) is 4.35. The summed E-state index contributed by atoms with van der Waals surface area (Å²) in [6.45, 7) is 7.90. The van der Waals surface area contributed by atoms with Gasteiger partial charge in [0.05, 0.1) is 15.5 Å². The van der Waals surface area contributed by atoms with E-state index >= 15 is 0 Å². The Morgan fingerprint density at radius 1 is 1.03 bits per heavy atom. The van der Waals surface area contributed by atoms with Gasteiger partial charge in [0.2, 0.25) is 10.0 Å². The Bertz CT molecular complexity index is 1100. The monoisotopic (exact) mass is 461 g/mol. The van der Waals surface area contributed by atoms with Crippen molar-refractivity contribution >= 4 is 33.2 Å². The van der Waals surface area contributed by atoms with Crippen molar-refractivity contribution in [1.82, 2.24) is 9.21 Å². The third-order valence-corrected chi connectivity index (χ3v) is 8.41. The molecule has 4 rings (SSSR count). The molecule has 2 aromatic carbocycles. The number of fused-ring (bicyclic) bond motifs is 1. The van der Waals surface area contributed by atoms with Gasteiger partial charge in [-0.25, -0.2) is 8.42 Å². The topological polar surface area (TPSA) is 60.9 Å². The summed E-state index contributed by atoms with van der Waals surface area (Å²) < 4.78 is 27.9. The van der Waals surface area contributed by atoms with E-state index in [1.807, 2.05) is 19.1 Å². The van der Waals surface area contributed by atoms with Crippen LogP contribution in [-0.2, 0) is 16.4 Å².